The van der Waals surface area contributed by atoms with Crippen LogP contribution in [0.1, 0.15) is 108 Å². The summed E-state index contributed by atoms with van der Waals surface area (Å²) in [6.45, 7) is 14.9. The minimum absolute atomic E-state index is 0.0848. The van der Waals surface area contributed by atoms with Crippen molar-refractivity contribution in [3.05, 3.63) is 58.7 Å². The molecule has 0 radical (unpaired) electrons. The molecule has 2 aromatic rings. The first kappa shape index (κ1) is 29.4. The molecule has 0 heterocycles. The second-order valence-corrected chi connectivity index (χ2v) is 11.6. The zero-order valence-electron chi connectivity index (χ0n) is 23.1. The van der Waals surface area contributed by atoms with Crippen molar-refractivity contribution in [2.24, 2.45) is 0 Å². The van der Waals surface area contributed by atoms with Gasteiger partial charge in [-0.3, -0.25) is 9.59 Å². The van der Waals surface area contributed by atoms with Crippen LogP contribution < -0.4 is 5.43 Å². The molecule has 0 unspecified atom stereocenters. The zero-order chi connectivity index (χ0) is 27.1. The van der Waals surface area contributed by atoms with E-state index in [4.69, 9.17) is 0 Å². The van der Waals surface area contributed by atoms with Gasteiger partial charge in [-0.1, -0.05) is 92.0 Å². The number of aromatic hydroxyl groups is 2. The molecular formula is C30H44N2O4. The van der Waals surface area contributed by atoms with Crippen LogP contribution in [0.4, 0.5) is 0 Å². The number of hydrazine groups is 1. The quantitative estimate of drug-likeness (QED) is 0.262. The number of hydrogen-bond donors (Lipinski definition) is 3. The fraction of sp³-hybridized carbons (Fsp3) is 0.533. The van der Waals surface area contributed by atoms with Crippen molar-refractivity contribution in [2.45, 2.75) is 97.8 Å². The van der Waals surface area contributed by atoms with E-state index in [9.17, 15) is 19.8 Å². The van der Waals surface area contributed by atoms with Crippen LogP contribution in [-0.2, 0) is 22.0 Å². The Hall–Kier alpha value is -2.86. The Bertz CT molecular complexity index is 1010. The molecule has 2 aromatic carbocycles. The van der Waals surface area contributed by atoms with Crippen molar-refractivity contribution in [3.8, 4) is 11.5 Å². The van der Waals surface area contributed by atoms with Gasteiger partial charge in [0.1, 0.15) is 11.5 Å². The summed E-state index contributed by atoms with van der Waals surface area (Å²) in [6, 6.07) is 10.2. The first-order valence-corrected chi connectivity index (χ1v) is 13.0. The molecule has 6 nitrogen and oxygen atoms in total. The third kappa shape index (κ3) is 7.82. The lowest BCUT2D eigenvalue weighted by molar-refractivity contribution is -0.131. The Balaban J connectivity index is 2.29. The molecule has 6 heteroatoms. The number of carbonyl (C=O) groups is 2. The molecule has 0 aliphatic heterocycles. The van der Waals surface area contributed by atoms with E-state index in [1.165, 1.54) is 12.1 Å². The maximum atomic E-state index is 13.3. The molecule has 0 aliphatic rings. The van der Waals surface area contributed by atoms with Crippen LogP contribution in [0.3, 0.4) is 0 Å². The molecule has 3 N–H and O–H groups in total. The second kappa shape index (κ2) is 12.4. The van der Waals surface area contributed by atoms with Gasteiger partial charge < -0.3 is 10.2 Å². The molecule has 0 aliphatic carbocycles. The minimum Gasteiger partial charge on any atom is -0.507 e. The summed E-state index contributed by atoms with van der Waals surface area (Å²) in [5, 5.41) is 22.2. The maximum absolute atomic E-state index is 13.3. The van der Waals surface area contributed by atoms with E-state index in [0.717, 1.165) is 47.4 Å². The number of hydrogen-bond acceptors (Lipinski definition) is 5. The number of phenols is 2. The third-order valence-corrected chi connectivity index (χ3v) is 6.30. The van der Waals surface area contributed by atoms with Gasteiger partial charge in [-0.05, 0) is 52.5 Å². The highest BCUT2D eigenvalue weighted by molar-refractivity contribution is 6.05. The number of unbranched alkanes of at least 4 members (excludes halogenated alkanes) is 3. The smallest absolute Gasteiger partial charge is 0.278 e. The molecule has 0 saturated carbocycles. The predicted octanol–water partition coefficient (Wildman–Crippen LogP) is 6.38. The van der Waals surface area contributed by atoms with Crippen molar-refractivity contribution in [3.63, 3.8) is 0 Å². The Labute approximate surface area is 216 Å². The van der Waals surface area contributed by atoms with Gasteiger partial charge in [-0.2, -0.15) is 0 Å². The summed E-state index contributed by atoms with van der Waals surface area (Å²) in [5.74, 6) is -0.780. The number of para-hydroxylation sites is 1. The van der Waals surface area contributed by atoms with Crippen LogP contribution in [0, 0.1) is 0 Å². The van der Waals surface area contributed by atoms with Crippen LogP contribution in [-0.4, -0.2) is 33.6 Å². The summed E-state index contributed by atoms with van der Waals surface area (Å²) in [7, 11) is 0. The van der Waals surface area contributed by atoms with E-state index in [0.29, 0.717) is 18.7 Å². The Kier molecular flexibility index (Phi) is 10.1. The molecule has 0 bridgehead atoms. The van der Waals surface area contributed by atoms with Crippen molar-refractivity contribution < 1.29 is 19.8 Å². The lowest BCUT2D eigenvalue weighted by Crippen LogP contribution is -2.47. The number of amides is 2. The molecule has 2 rings (SSSR count). The van der Waals surface area contributed by atoms with E-state index in [-0.39, 0.29) is 34.5 Å². The number of benzene rings is 2. The average molecular weight is 497 g/mol. The lowest BCUT2D eigenvalue weighted by atomic mass is 9.78. The standard InChI is InChI=1S/C30H44N2O4/c1-8-9-10-13-18-31-32(28(36)22-14-11-12-15-25(22)33)26(34)17-16-21-19-23(29(2,3)4)27(35)24(20-21)30(5,6)7/h11-12,14-15,19-20,31,33,35H,8-10,13,16-18H2,1-7H3. The molecule has 0 fully saturated rings. The number of nitrogens with zero attached hydrogens (tertiary/aromatic N) is 1. The highest BCUT2D eigenvalue weighted by atomic mass is 16.3. The van der Waals surface area contributed by atoms with Crippen LogP contribution in [0.25, 0.3) is 0 Å². The van der Waals surface area contributed by atoms with Gasteiger partial charge in [0.2, 0.25) is 5.91 Å². The summed E-state index contributed by atoms with van der Waals surface area (Å²) in [5.41, 5.74) is 5.18. The van der Waals surface area contributed by atoms with Gasteiger partial charge in [0.05, 0.1) is 5.56 Å². The van der Waals surface area contributed by atoms with E-state index in [1.54, 1.807) is 12.1 Å². The lowest BCUT2D eigenvalue weighted by Gasteiger charge is -2.28. The first-order valence-electron chi connectivity index (χ1n) is 13.0. The first-order chi connectivity index (χ1) is 16.8. The molecule has 36 heavy (non-hydrogen) atoms. The topological polar surface area (TPSA) is 89.9 Å². The van der Waals surface area contributed by atoms with Crippen LogP contribution in [0.15, 0.2) is 36.4 Å². The number of aryl methyl sites for hydroxylation is 1. The number of rotatable bonds is 10. The van der Waals surface area contributed by atoms with Gasteiger partial charge in [0.25, 0.3) is 5.91 Å². The molecule has 0 saturated heterocycles. The summed E-state index contributed by atoms with van der Waals surface area (Å²) >= 11 is 0. The van der Waals surface area contributed by atoms with Gasteiger partial charge in [0, 0.05) is 13.0 Å². The summed E-state index contributed by atoms with van der Waals surface area (Å²) < 4.78 is 0. The molecule has 2 amide bonds. The van der Waals surface area contributed by atoms with E-state index >= 15 is 0 Å². The van der Waals surface area contributed by atoms with Crippen LogP contribution in [0.2, 0.25) is 0 Å². The van der Waals surface area contributed by atoms with Crippen LogP contribution in [0.5, 0.6) is 11.5 Å². The van der Waals surface area contributed by atoms with Gasteiger partial charge in [-0.15, -0.1) is 0 Å². The SMILES string of the molecule is CCCCCCNN(C(=O)CCc1cc(C(C)(C)C)c(O)c(C(C)(C)C)c1)C(=O)c1ccccc1O. The highest BCUT2D eigenvalue weighted by Gasteiger charge is 2.28. The van der Waals surface area contributed by atoms with E-state index in [1.807, 2.05) is 12.1 Å². The second-order valence-electron chi connectivity index (χ2n) is 11.6. The number of phenolic OH excluding ortho intramolecular Hbond substituents is 2. The Morgan fingerprint density at radius 2 is 1.47 bits per heavy atom. The summed E-state index contributed by atoms with van der Waals surface area (Å²) in [6.07, 6.45) is 4.57. The van der Waals surface area contributed by atoms with Gasteiger partial charge in [-0.25, -0.2) is 10.4 Å². The molecule has 0 atom stereocenters. The molecule has 0 spiro atoms. The third-order valence-electron chi connectivity index (χ3n) is 6.30. The van der Waals surface area contributed by atoms with Crippen LogP contribution >= 0.6 is 0 Å². The zero-order valence-corrected chi connectivity index (χ0v) is 23.1. The number of imide groups is 1. The largest absolute Gasteiger partial charge is 0.507 e. The number of carbonyl (C=O) groups excluding carboxylic acids is 2. The van der Waals surface area contributed by atoms with Crippen molar-refractivity contribution in [2.75, 3.05) is 6.54 Å². The molecular weight excluding hydrogens is 452 g/mol. The van der Waals surface area contributed by atoms with Crippen molar-refractivity contribution in [1.29, 1.82) is 0 Å². The molecule has 0 aromatic heterocycles. The maximum Gasteiger partial charge on any atom is 0.278 e. The van der Waals surface area contributed by atoms with E-state index in [2.05, 4.69) is 53.9 Å². The molecule has 198 valence electrons. The van der Waals surface area contributed by atoms with Crippen molar-refractivity contribution >= 4 is 11.8 Å². The summed E-state index contributed by atoms with van der Waals surface area (Å²) in [4.78, 5) is 26.5. The fourth-order valence-corrected chi connectivity index (χ4v) is 4.14. The van der Waals surface area contributed by atoms with Gasteiger partial charge in [0.15, 0.2) is 0 Å². The monoisotopic (exact) mass is 496 g/mol. The van der Waals surface area contributed by atoms with Gasteiger partial charge >= 0.3 is 0 Å². The van der Waals surface area contributed by atoms with E-state index < -0.39 is 5.91 Å². The fourth-order valence-electron chi connectivity index (χ4n) is 4.14. The predicted molar refractivity (Wildman–Crippen MR) is 145 cm³/mol. The highest BCUT2D eigenvalue weighted by Crippen LogP contribution is 2.40. The minimum atomic E-state index is -0.565. The van der Waals surface area contributed by atoms with Crippen molar-refractivity contribution in [1.82, 2.24) is 10.4 Å². The number of nitrogens with one attached hydrogen (secondary N) is 1. The average Bonchev–Trinajstić information content (AvgIpc) is 2.79. The Morgan fingerprint density at radius 1 is 0.889 bits per heavy atom. The Morgan fingerprint density at radius 3 is 2.00 bits per heavy atom. The normalized spacial score (nSPS) is 12.0.